The van der Waals surface area contributed by atoms with Gasteiger partial charge < -0.3 is 0 Å². The SMILES string of the molecule is C1=Cc2cc3cc4cc5cc6cc7cc8cc9ccccc9cc8cc7cc6cc5cc4cc3cc2C1. The molecule has 0 saturated carbocycles. The zero-order valence-electron chi connectivity index (χ0n) is 20.3. The standard InChI is InChI=1S/C37H22/c1-2-5-23-9-27-13-31-17-35-21-37-19-33-15-29-11-25-7-3-6-24(25)10-28(29)14-32(33)18-36(37)20-34(35)16-30(31)12-26(27)8-22(23)4-1/h1-6,8-21H,7H2. The van der Waals surface area contributed by atoms with Crippen molar-refractivity contribution in [1.82, 2.24) is 0 Å². The van der Waals surface area contributed by atoms with Gasteiger partial charge in [0.15, 0.2) is 0 Å². The van der Waals surface area contributed by atoms with Crippen molar-refractivity contribution in [2.75, 3.05) is 0 Å². The van der Waals surface area contributed by atoms with Gasteiger partial charge in [0.1, 0.15) is 0 Å². The van der Waals surface area contributed by atoms with Crippen LogP contribution in [0.4, 0.5) is 0 Å². The van der Waals surface area contributed by atoms with Crippen molar-refractivity contribution in [3.63, 3.8) is 0 Å². The zero-order valence-corrected chi connectivity index (χ0v) is 20.3. The molecule has 0 aliphatic heterocycles. The summed E-state index contributed by atoms with van der Waals surface area (Å²) >= 11 is 0. The summed E-state index contributed by atoms with van der Waals surface area (Å²) in [6.07, 6.45) is 5.56. The van der Waals surface area contributed by atoms with Crippen LogP contribution < -0.4 is 0 Å². The Bertz CT molecular complexity index is 2310. The van der Waals surface area contributed by atoms with Gasteiger partial charge >= 0.3 is 0 Å². The Morgan fingerprint density at radius 3 is 1.05 bits per heavy atom. The Morgan fingerprint density at radius 2 is 0.649 bits per heavy atom. The van der Waals surface area contributed by atoms with Crippen molar-refractivity contribution in [1.29, 1.82) is 0 Å². The minimum absolute atomic E-state index is 1.05. The molecule has 0 amide bonds. The van der Waals surface area contributed by atoms with E-state index >= 15 is 0 Å². The van der Waals surface area contributed by atoms with Gasteiger partial charge in [-0.15, -0.1) is 0 Å². The lowest BCUT2D eigenvalue weighted by atomic mass is 9.94. The molecular formula is C37H22. The number of fused-ring (bicyclic) bond motifs is 8. The van der Waals surface area contributed by atoms with Crippen LogP contribution in [0.5, 0.6) is 0 Å². The van der Waals surface area contributed by atoms with E-state index < -0.39 is 0 Å². The van der Waals surface area contributed by atoms with E-state index in [-0.39, 0.29) is 0 Å². The van der Waals surface area contributed by atoms with Crippen molar-refractivity contribution in [2.45, 2.75) is 6.42 Å². The molecule has 0 heterocycles. The topological polar surface area (TPSA) is 0 Å². The maximum Gasteiger partial charge on any atom is -0.00880 e. The number of allylic oxidation sites excluding steroid dienone is 1. The molecule has 0 saturated heterocycles. The van der Waals surface area contributed by atoms with Crippen molar-refractivity contribution in [3.05, 3.63) is 126 Å². The highest BCUT2D eigenvalue weighted by molar-refractivity contribution is 6.12. The molecule has 1 aliphatic carbocycles. The average molecular weight is 467 g/mol. The third kappa shape index (κ3) is 2.90. The van der Waals surface area contributed by atoms with E-state index in [2.05, 4.69) is 121 Å². The highest BCUT2D eigenvalue weighted by atomic mass is 14.1. The van der Waals surface area contributed by atoms with Crippen molar-refractivity contribution in [2.24, 2.45) is 0 Å². The van der Waals surface area contributed by atoms with E-state index in [1.54, 1.807) is 0 Å². The summed E-state index contributed by atoms with van der Waals surface area (Å²) in [4.78, 5) is 0. The molecule has 0 heteroatoms. The predicted octanol–water partition coefficient (Wildman–Crippen LogP) is 10.3. The van der Waals surface area contributed by atoms with E-state index in [1.807, 2.05) is 0 Å². The fourth-order valence-corrected chi connectivity index (χ4v) is 6.46. The molecule has 0 spiro atoms. The molecule has 0 fully saturated rings. The highest BCUT2D eigenvalue weighted by Crippen LogP contribution is 2.35. The summed E-state index contributed by atoms with van der Waals surface area (Å²) in [6, 6.07) is 41.6. The minimum atomic E-state index is 1.05. The first-order valence-electron chi connectivity index (χ1n) is 13.0. The van der Waals surface area contributed by atoms with Crippen molar-refractivity contribution < 1.29 is 0 Å². The molecule has 0 nitrogen and oxygen atoms in total. The second kappa shape index (κ2) is 6.96. The smallest absolute Gasteiger partial charge is 0.00880 e. The summed E-state index contributed by atoms with van der Waals surface area (Å²) in [5, 5.41) is 18.2. The quantitative estimate of drug-likeness (QED) is 0.195. The van der Waals surface area contributed by atoms with Gasteiger partial charge in [0.05, 0.1) is 0 Å². The molecule has 37 heavy (non-hydrogen) atoms. The maximum atomic E-state index is 2.37. The molecule has 0 aromatic heterocycles. The molecule has 0 atom stereocenters. The van der Waals surface area contributed by atoms with Crippen LogP contribution >= 0.6 is 0 Å². The number of hydrogen-bond donors (Lipinski definition) is 0. The lowest BCUT2D eigenvalue weighted by Gasteiger charge is -2.10. The molecular weight excluding hydrogens is 444 g/mol. The van der Waals surface area contributed by atoms with E-state index in [0.29, 0.717) is 0 Å². The molecule has 0 radical (unpaired) electrons. The van der Waals surface area contributed by atoms with E-state index in [1.165, 1.54) is 86.5 Å². The van der Waals surface area contributed by atoms with Crippen molar-refractivity contribution >= 4 is 81.5 Å². The fourth-order valence-electron chi connectivity index (χ4n) is 6.46. The van der Waals surface area contributed by atoms with Gasteiger partial charge in [-0.1, -0.05) is 42.5 Å². The minimum Gasteiger partial charge on any atom is -0.0795 e. The van der Waals surface area contributed by atoms with Crippen LogP contribution in [0.1, 0.15) is 11.1 Å². The first-order valence-corrected chi connectivity index (χ1v) is 13.0. The van der Waals surface area contributed by atoms with Gasteiger partial charge in [0.25, 0.3) is 0 Å². The normalized spacial score (nSPS) is 13.2. The number of rotatable bonds is 0. The zero-order chi connectivity index (χ0) is 24.1. The Hall–Kier alpha value is -4.68. The summed E-state index contributed by atoms with van der Waals surface area (Å²) in [5.41, 5.74) is 2.80. The lowest BCUT2D eigenvalue weighted by molar-refractivity contribution is 1.32. The van der Waals surface area contributed by atoms with E-state index in [9.17, 15) is 0 Å². The molecule has 170 valence electrons. The first kappa shape index (κ1) is 19.5. The summed E-state index contributed by atoms with van der Waals surface area (Å²) in [5.74, 6) is 0. The third-order valence-corrected chi connectivity index (χ3v) is 8.37. The monoisotopic (exact) mass is 466 g/mol. The molecule has 8 aromatic rings. The summed E-state index contributed by atoms with van der Waals surface area (Å²) in [6.45, 7) is 0. The van der Waals surface area contributed by atoms with Gasteiger partial charge in [-0.3, -0.25) is 0 Å². The van der Waals surface area contributed by atoms with Crippen LogP contribution in [0, 0.1) is 0 Å². The van der Waals surface area contributed by atoms with Crippen LogP contribution in [0.15, 0.2) is 115 Å². The molecule has 8 aromatic carbocycles. The van der Waals surface area contributed by atoms with Gasteiger partial charge in [-0.2, -0.15) is 0 Å². The number of benzene rings is 8. The Kier molecular flexibility index (Phi) is 3.67. The lowest BCUT2D eigenvalue weighted by Crippen LogP contribution is -1.85. The summed E-state index contributed by atoms with van der Waals surface area (Å²) < 4.78 is 0. The van der Waals surface area contributed by atoms with E-state index in [4.69, 9.17) is 0 Å². The van der Waals surface area contributed by atoms with Crippen LogP contribution in [0.2, 0.25) is 0 Å². The second-order valence-corrected chi connectivity index (χ2v) is 10.7. The molecule has 0 bridgehead atoms. The fraction of sp³-hybridized carbons (Fsp3) is 0.0270. The largest absolute Gasteiger partial charge is 0.0795 e. The van der Waals surface area contributed by atoms with Gasteiger partial charge in [-0.25, -0.2) is 0 Å². The van der Waals surface area contributed by atoms with E-state index in [0.717, 1.165) is 6.42 Å². The molecule has 0 N–H and O–H groups in total. The Morgan fingerprint density at radius 1 is 0.324 bits per heavy atom. The first-order chi connectivity index (χ1) is 18.2. The average Bonchev–Trinajstić information content (AvgIpc) is 3.36. The summed E-state index contributed by atoms with van der Waals surface area (Å²) in [7, 11) is 0. The number of hydrogen-bond acceptors (Lipinski definition) is 0. The predicted molar refractivity (Wildman–Crippen MR) is 162 cm³/mol. The van der Waals surface area contributed by atoms with Gasteiger partial charge in [0.2, 0.25) is 0 Å². The third-order valence-electron chi connectivity index (χ3n) is 8.37. The van der Waals surface area contributed by atoms with Gasteiger partial charge in [-0.05, 0) is 172 Å². The maximum absolute atomic E-state index is 2.37. The van der Waals surface area contributed by atoms with Crippen LogP contribution in [-0.4, -0.2) is 0 Å². The molecule has 0 unspecified atom stereocenters. The van der Waals surface area contributed by atoms with Gasteiger partial charge in [0, 0.05) is 0 Å². The van der Waals surface area contributed by atoms with Crippen LogP contribution in [-0.2, 0) is 6.42 Å². The molecule has 9 rings (SSSR count). The van der Waals surface area contributed by atoms with Crippen LogP contribution in [0.3, 0.4) is 0 Å². The molecule has 1 aliphatic rings. The second-order valence-electron chi connectivity index (χ2n) is 10.7. The van der Waals surface area contributed by atoms with Crippen LogP contribution in [0.25, 0.3) is 81.5 Å². The Balaban J connectivity index is 1.28. The van der Waals surface area contributed by atoms with Crippen molar-refractivity contribution in [3.8, 4) is 0 Å². The Labute approximate surface area is 214 Å². The highest BCUT2D eigenvalue weighted by Gasteiger charge is 2.09.